The highest BCUT2D eigenvalue weighted by Gasteiger charge is 2.58. The van der Waals surface area contributed by atoms with Crippen LogP contribution in [0.3, 0.4) is 0 Å². The summed E-state index contributed by atoms with van der Waals surface area (Å²) in [5, 5.41) is 6.83. The second-order valence-electron chi connectivity index (χ2n) is 32.1. The fourth-order valence-corrected chi connectivity index (χ4v) is 20.8. The van der Waals surface area contributed by atoms with Gasteiger partial charge in [-0.2, -0.15) is 39.5 Å². The van der Waals surface area contributed by atoms with Crippen molar-refractivity contribution >= 4 is 36.2 Å². The third kappa shape index (κ3) is 19.8. The number of hydrogen-bond donors (Lipinski definition) is 3. The number of hydrogen-bond acceptors (Lipinski definition) is 14. The topological polar surface area (TPSA) is 197 Å². The number of nitrogens with zero attached hydrogens (tertiary/aromatic N) is 4. The zero-order chi connectivity index (χ0) is 80.1. The molecule has 618 valence electrons. The third-order valence-electron chi connectivity index (χ3n) is 26.1. The van der Waals surface area contributed by atoms with Crippen molar-refractivity contribution in [2.75, 3.05) is 34.8 Å². The minimum atomic E-state index is -4.39. The van der Waals surface area contributed by atoms with Crippen molar-refractivity contribution < 1.29 is 77.6 Å². The lowest BCUT2D eigenvalue weighted by atomic mass is 9.56. The van der Waals surface area contributed by atoms with E-state index in [1.165, 1.54) is 25.2 Å². The van der Waals surface area contributed by atoms with Gasteiger partial charge in [0.1, 0.15) is 18.3 Å². The molecule has 3 aromatic heterocycles. The number of carbonyl (C=O) groups excluding carboxylic acids is 4. The van der Waals surface area contributed by atoms with Crippen LogP contribution in [0.4, 0.5) is 44.3 Å². The molecule has 3 aromatic carbocycles. The summed E-state index contributed by atoms with van der Waals surface area (Å²) in [6.07, 6.45) is 13.1. The maximum absolute atomic E-state index is 13.1. The van der Waals surface area contributed by atoms with Gasteiger partial charge in [-0.25, -0.2) is 4.79 Å². The summed E-state index contributed by atoms with van der Waals surface area (Å²) < 4.78 is 140. The van der Waals surface area contributed by atoms with E-state index in [2.05, 4.69) is 43.5 Å². The number of ether oxygens (including phenoxy) is 4. The van der Waals surface area contributed by atoms with Gasteiger partial charge in [0.15, 0.2) is 0 Å². The largest absolute Gasteiger partial charge is 0.462 e. The average molecular weight is 1590 g/mol. The molecule has 24 heteroatoms. The Kier molecular flexibility index (Phi) is 29.0. The molecular weight excluding hydrogens is 1480 g/mol. The molecule has 3 aliphatic heterocycles. The maximum atomic E-state index is 13.1. The van der Waals surface area contributed by atoms with E-state index in [1.54, 1.807) is 67.8 Å². The first kappa shape index (κ1) is 87.9. The predicted octanol–water partition coefficient (Wildman–Crippen LogP) is 19.6. The number of pyridine rings is 3. The van der Waals surface area contributed by atoms with Gasteiger partial charge in [-0.1, -0.05) is 81.6 Å². The number of aromatic nitrogens is 3. The number of nitrogens with two attached hydrogens (primary N) is 1. The quantitative estimate of drug-likeness (QED) is 0.0529. The number of alkyl halides is 9. The Bertz CT molecular complexity index is 4100. The van der Waals surface area contributed by atoms with E-state index in [4.69, 9.17) is 18.9 Å². The van der Waals surface area contributed by atoms with Crippen LogP contribution >= 0.6 is 0 Å². The number of halogens is 9. The number of fused-ring (bicyclic) bond motifs is 6. The molecule has 6 saturated carbocycles. The zero-order valence-electron chi connectivity index (χ0n) is 64.7. The first-order valence-corrected chi connectivity index (χ1v) is 39.7. The molecule has 6 aromatic rings. The van der Waals surface area contributed by atoms with E-state index < -0.39 is 35.2 Å². The zero-order valence-corrected chi connectivity index (χ0v) is 64.7. The fourth-order valence-electron chi connectivity index (χ4n) is 20.8. The highest BCUT2D eigenvalue weighted by atomic mass is 19.4. The normalized spacial score (nSPS) is 30.6. The van der Waals surface area contributed by atoms with E-state index >= 15 is 0 Å². The van der Waals surface area contributed by atoms with Gasteiger partial charge in [0.05, 0.1) is 52.4 Å². The molecule has 0 spiro atoms. The number of carbonyl (C=O) groups is 4. The SMILES string of the molecule is C.C.CCOC(=O)N(C)[C@@H]1CC[C@@H]2[C@@H](C1)C[C@H]1C(=O)O[C@H](C)[C@H]1[C@H]2CCc1ccc(-c2cccc(C(F)(F)F)c2)cn1.CN.CN[C@@H]1CC[C@@H]2[C@@H](C1)C[C@H]1C(=O)O[C@H](C)[C@H]1[C@H]2/C=C/c1ccc(-c2cccc(C(F)(F)F)c2)cn1.CN[C@H]1CC[C@@H]2[C@@H](C1)C[C@H]1C(=O)O[C@H](C)[C@H]1[C@H]2/C=C/c1ccc(-c2cccc(C(F)(F)F)c2)cn1. The van der Waals surface area contributed by atoms with E-state index in [-0.39, 0.29) is 111 Å². The molecule has 4 N–H and O–H groups in total. The summed E-state index contributed by atoms with van der Waals surface area (Å²) in [7, 11) is 7.32. The molecule has 9 fully saturated rings. The Morgan fingerprint density at radius 3 is 1.27 bits per heavy atom. The van der Waals surface area contributed by atoms with Crippen molar-refractivity contribution in [1.29, 1.82) is 0 Å². The second kappa shape index (κ2) is 37.6. The van der Waals surface area contributed by atoms with Crippen molar-refractivity contribution in [3.05, 3.63) is 174 Å². The van der Waals surface area contributed by atoms with Crippen LogP contribution in [0.5, 0.6) is 0 Å². The lowest BCUT2D eigenvalue weighted by Gasteiger charge is -2.49. The molecule has 15 nitrogen and oxygen atoms in total. The van der Waals surface area contributed by atoms with Crippen molar-refractivity contribution in [1.82, 2.24) is 30.5 Å². The van der Waals surface area contributed by atoms with Crippen LogP contribution in [0.25, 0.3) is 45.5 Å². The Labute approximate surface area is 665 Å². The summed E-state index contributed by atoms with van der Waals surface area (Å²) in [6, 6.07) is 27.9. The molecule has 0 unspecified atom stereocenters. The van der Waals surface area contributed by atoms with Crippen LogP contribution in [0, 0.1) is 88.8 Å². The van der Waals surface area contributed by atoms with Crippen molar-refractivity contribution in [2.24, 2.45) is 94.5 Å². The van der Waals surface area contributed by atoms with Crippen LogP contribution in [0.15, 0.2) is 140 Å². The van der Waals surface area contributed by atoms with Gasteiger partial charge in [0.2, 0.25) is 0 Å². The first-order chi connectivity index (χ1) is 53.5. The van der Waals surface area contributed by atoms with Gasteiger partial charge < -0.3 is 40.2 Å². The number of aryl methyl sites for hydroxylation is 1. The Balaban J connectivity index is 0.000000178. The molecule has 6 heterocycles. The molecule has 0 radical (unpaired) electrons. The van der Waals surface area contributed by atoms with Crippen molar-refractivity contribution in [2.45, 2.75) is 187 Å². The van der Waals surface area contributed by atoms with Crippen LogP contribution in [0.1, 0.15) is 160 Å². The molecule has 21 atom stereocenters. The van der Waals surface area contributed by atoms with Gasteiger partial charge in [0, 0.05) is 83.9 Å². The molecular formula is C90H112F9N7O8. The van der Waals surface area contributed by atoms with Crippen molar-refractivity contribution in [3.63, 3.8) is 0 Å². The van der Waals surface area contributed by atoms with Gasteiger partial charge >= 0.3 is 42.5 Å². The number of amides is 1. The molecule has 6 aliphatic carbocycles. The Hall–Kier alpha value is -8.48. The molecule has 1 amide bonds. The first-order valence-electron chi connectivity index (χ1n) is 39.7. The maximum Gasteiger partial charge on any atom is 0.416 e. The number of nitrogens with one attached hydrogen (secondary N) is 2. The highest BCUT2D eigenvalue weighted by Crippen LogP contribution is 2.58. The van der Waals surface area contributed by atoms with E-state index in [0.29, 0.717) is 99.9 Å². The number of rotatable bonds is 14. The minimum absolute atomic E-state index is 0. The summed E-state index contributed by atoms with van der Waals surface area (Å²) >= 11 is 0. The monoisotopic (exact) mass is 1590 g/mol. The smallest absolute Gasteiger partial charge is 0.416 e. The molecule has 0 bridgehead atoms. The van der Waals surface area contributed by atoms with Crippen LogP contribution < -0.4 is 16.4 Å². The van der Waals surface area contributed by atoms with Crippen LogP contribution in [0.2, 0.25) is 0 Å². The highest BCUT2D eigenvalue weighted by molar-refractivity contribution is 5.77. The molecule has 114 heavy (non-hydrogen) atoms. The molecule has 15 rings (SSSR count). The Morgan fingerprint density at radius 1 is 0.509 bits per heavy atom. The standard InChI is InChI=1S/C31H37F3N2O4.2C28H31F3N2O2.CH5N.2CH4/c1-4-39-30(38)36(3)24-11-13-25-21(15-24)16-27-28(18(2)40-29(27)37)26(25)12-10-23-9-8-20(17-35-23)19-6-5-7-22(14-19)31(32,33)34;2*1-16-26-24(23-10-9-22(32-2)13-19(23)14-25(26)27(34)35-16)11-8-21-7-6-18(15-33-21)17-4-3-5-20(12-17)28(29,30)31;1-2;;/h5-9,14,17-18,21,24-28H,4,10-13,15-16H2,1-3H3;2*3-8,11-12,15-16,19,22-26,32H,9-10,13-14H2,1-2H3;2H2,1H3;2*1H4/b;2*11-8+;;;/t18-,21+,24-,25-,26+,27-,28+;16-,19+,22+,23-,24+,25-,26+;16-,19+,22-,23-,24+,25-,26+;;;/m111.../s1. The summed E-state index contributed by atoms with van der Waals surface area (Å²) in [6.45, 7) is 8.15. The van der Waals surface area contributed by atoms with Crippen molar-refractivity contribution in [3.8, 4) is 33.4 Å². The van der Waals surface area contributed by atoms with Gasteiger partial charge in [-0.05, 0) is 275 Å². The average Bonchev–Trinajstić information content (AvgIpc) is 1.58. The van der Waals surface area contributed by atoms with E-state index in [1.807, 2.05) is 71.3 Å². The summed E-state index contributed by atoms with van der Waals surface area (Å²) in [5.74, 6) is 3.62. The lowest BCUT2D eigenvalue weighted by Crippen LogP contribution is -2.49. The van der Waals surface area contributed by atoms with Crippen LogP contribution in [-0.2, 0) is 58.3 Å². The van der Waals surface area contributed by atoms with Gasteiger partial charge in [0.25, 0.3) is 0 Å². The minimum Gasteiger partial charge on any atom is -0.462 e. The second-order valence-corrected chi connectivity index (χ2v) is 32.1. The summed E-state index contributed by atoms with van der Waals surface area (Å²) in [4.78, 5) is 65.6. The predicted molar refractivity (Wildman–Crippen MR) is 423 cm³/mol. The van der Waals surface area contributed by atoms with Gasteiger partial charge in [-0.15, -0.1) is 0 Å². The fraction of sp³-hybridized carbons (Fsp3) is 0.544. The summed E-state index contributed by atoms with van der Waals surface area (Å²) in [5.41, 5.74) is 8.22. The molecule has 3 saturated heterocycles. The number of esters is 3. The molecule has 9 aliphatic rings. The third-order valence-corrected chi connectivity index (χ3v) is 26.1. The number of benzene rings is 3. The number of allylic oxidation sites excluding steroid dienone is 2. The van der Waals surface area contributed by atoms with E-state index in [0.717, 1.165) is 137 Å². The lowest BCUT2D eigenvalue weighted by molar-refractivity contribution is -0.145. The number of cyclic esters (lactones) is 3. The van der Waals surface area contributed by atoms with Gasteiger partial charge in [-0.3, -0.25) is 29.3 Å². The Morgan fingerprint density at radius 2 is 0.895 bits per heavy atom. The van der Waals surface area contributed by atoms with E-state index in [9.17, 15) is 58.7 Å². The van der Waals surface area contributed by atoms with Crippen LogP contribution in [-0.4, -0.2) is 115 Å².